The number of nitrogens with zero attached hydrogens (tertiary/aromatic N) is 3. The van der Waals surface area contributed by atoms with E-state index in [1.807, 2.05) is 18.2 Å². The first-order valence-electron chi connectivity index (χ1n) is 4.42. The molecule has 0 unspecified atom stereocenters. The van der Waals surface area contributed by atoms with Crippen molar-refractivity contribution in [2.75, 3.05) is 12.5 Å². The van der Waals surface area contributed by atoms with Gasteiger partial charge in [0.25, 0.3) is 5.88 Å². The molecule has 0 spiro atoms. The Hall–Kier alpha value is -2.24. The second-order valence-corrected chi connectivity index (χ2v) is 3.03. The second kappa shape index (κ2) is 2.88. The van der Waals surface area contributed by atoms with Gasteiger partial charge in [0.1, 0.15) is 0 Å². The molecule has 15 heavy (non-hydrogen) atoms. The quantitative estimate of drug-likeness (QED) is 0.735. The van der Waals surface area contributed by atoms with Crippen molar-refractivity contribution in [2.24, 2.45) is 0 Å². The van der Waals surface area contributed by atoms with Crippen LogP contribution in [-0.4, -0.2) is 21.6 Å². The Morgan fingerprint density at radius 2 is 2.27 bits per heavy atom. The Labute approximate surface area is 85.2 Å². The molecule has 0 fully saturated rings. The fourth-order valence-corrected chi connectivity index (χ4v) is 1.45. The molecular formula is C9H8N4O2. The minimum Gasteiger partial charge on any atom is -0.448 e. The lowest BCUT2D eigenvalue weighted by atomic mass is 10.4. The highest BCUT2D eigenvalue weighted by Crippen LogP contribution is 2.38. The highest BCUT2D eigenvalue weighted by atomic mass is 16.7. The van der Waals surface area contributed by atoms with Gasteiger partial charge in [-0.25, -0.2) is 4.98 Å². The van der Waals surface area contributed by atoms with Gasteiger partial charge < -0.3 is 15.2 Å². The highest BCUT2D eigenvalue weighted by Gasteiger charge is 2.25. The molecule has 1 aliphatic rings. The highest BCUT2D eigenvalue weighted by molar-refractivity contribution is 5.56. The van der Waals surface area contributed by atoms with Gasteiger partial charge in [0.2, 0.25) is 12.5 Å². The van der Waals surface area contributed by atoms with Crippen molar-refractivity contribution in [1.82, 2.24) is 14.8 Å². The average Bonchev–Trinajstić information content (AvgIpc) is 2.84. The first-order chi connectivity index (χ1) is 7.36. The van der Waals surface area contributed by atoms with E-state index in [4.69, 9.17) is 15.2 Å². The first-order valence-corrected chi connectivity index (χ1v) is 4.42. The molecule has 2 aromatic rings. The number of rotatable bonds is 1. The number of hydrogen-bond acceptors (Lipinski definition) is 5. The van der Waals surface area contributed by atoms with Crippen molar-refractivity contribution in [1.29, 1.82) is 0 Å². The van der Waals surface area contributed by atoms with Gasteiger partial charge in [0.05, 0.1) is 0 Å². The fraction of sp³-hybridized carbons (Fsp3) is 0.111. The summed E-state index contributed by atoms with van der Waals surface area (Å²) in [5.74, 6) is 1.95. The third-order valence-electron chi connectivity index (χ3n) is 2.09. The molecule has 3 rings (SSSR count). The Morgan fingerprint density at radius 3 is 3.07 bits per heavy atom. The van der Waals surface area contributed by atoms with Gasteiger partial charge in [-0.15, -0.1) is 5.10 Å². The molecule has 0 aromatic carbocycles. The Morgan fingerprint density at radius 1 is 1.33 bits per heavy atom. The van der Waals surface area contributed by atoms with E-state index in [0.29, 0.717) is 23.3 Å². The van der Waals surface area contributed by atoms with Gasteiger partial charge in [-0.1, -0.05) is 6.07 Å². The van der Waals surface area contributed by atoms with Crippen LogP contribution in [0.25, 0.3) is 5.82 Å². The van der Waals surface area contributed by atoms with Crippen molar-refractivity contribution in [3.05, 3.63) is 24.4 Å². The molecule has 0 amide bonds. The second-order valence-electron chi connectivity index (χ2n) is 3.03. The topological polar surface area (TPSA) is 75.2 Å². The van der Waals surface area contributed by atoms with Crippen LogP contribution >= 0.6 is 0 Å². The number of pyridine rings is 1. The smallest absolute Gasteiger partial charge is 0.267 e. The molecule has 6 nitrogen and oxygen atoms in total. The van der Waals surface area contributed by atoms with Crippen LogP contribution in [0.4, 0.5) is 5.82 Å². The van der Waals surface area contributed by atoms with E-state index in [0.717, 1.165) is 0 Å². The van der Waals surface area contributed by atoms with Crippen LogP contribution < -0.4 is 15.2 Å². The normalized spacial score (nSPS) is 13.1. The Kier molecular flexibility index (Phi) is 1.55. The number of hydrogen-bond donors (Lipinski definition) is 1. The molecule has 0 bridgehead atoms. The molecule has 2 aromatic heterocycles. The number of fused-ring (bicyclic) bond motifs is 1. The van der Waals surface area contributed by atoms with Gasteiger partial charge in [0.15, 0.2) is 11.6 Å². The van der Waals surface area contributed by atoms with E-state index < -0.39 is 0 Å². The average molecular weight is 204 g/mol. The van der Waals surface area contributed by atoms with Crippen molar-refractivity contribution in [3.63, 3.8) is 0 Å². The van der Waals surface area contributed by atoms with Gasteiger partial charge in [-0.3, -0.25) is 0 Å². The van der Waals surface area contributed by atoms with Gasteiger partial charge >= 0.3 is 0 Å². The van der Waals surface area contributed by atoms with E-state index in [2.05, 4.69) is 10.1 Å². The van der Waals surface area contributed by atoms with E-state index >= 15 is 0 Å². The lowest BCUT2D eigenvalue weighted by Gasteiger charge is -2.01. The summed E-state index contributed by atoms with van der Waals surface area (Å²) in [7, 11) is 0. The molecule has 0 saturated carbocycles. The minimum atomic E-state index is 0.171. The molecule has 2 N–H and O–H groups in total. The molecule has 76 valence electrons. The van der Waals surface area contributed by atoms with Gasteiger partial charge in [-0.05, 0) is 12.1 Å². The van der Waals surface area contributed by atoms with Gasteiger partial charge in [-0.2, -0.15) is 4.68 Å². The summed E-state index contributed by atoms with van der Waals surface area (Å²) in [5.41, 5.74) is 5.67. The van der Waals surface area contributed by atoms with Crippen molar-refractivity contribution >= 4 is 5.82 Å². The third-order valence-corrected chi connectivity index (χ3v) is 2.09. The minimum absolute atomic E-state index is 0.171. The van der Waals surface area contributed by atoms with Gasteiger partial charge in [0, 0.05) is 6.20 Å². The van der Waals surface area contributed by atoms with Crippen LogP contribution in [0.1, 0.15) is 0 Å². The van der Waals surface area contributed by atoms with Crippen LogP contribution in [0.2, 0.25) is 0 Å². The van der Waals surface area contributed by atoms with E-state index in [9.17, 15) is 0 Å². The predicted molar refractivity (Wildman–Crippen MR) is 51.9 cm³/mol. The number of ether oxygens (including phenoxy) is 2. The van der Waals surface area contributed by atoms with Crippen LogP contribution in [-0.2, 0) is 0 Å². The van der Waals surface area contributed by atoms with Crippen molar-refractivity contribution in [3.8, 4) is 17.4 Å². The summed E-state index contributed by atoms with van der Waals surface area (Å²) in [5, 5.41) is 4.08. The molecule has 0 atom stereocenters. The van der Waals surface area contributed by atoms with Crippen molar-refractivity contribution < 1.29 is 9.47 Å². The summed E-state index contributed by atoms with van der Waals surface area (Å²) >= 11 is 0. The number of nitrogens with two attached hydrogens (primary N) is 1. The molecule has 1 aliphatic heterocycles. The molecule has 3 heterocycles. The molecular weight excluding hydrogens is 196 g/mol. The number of aromatic nitrogens is 3. The maximum absolute atomic E-state index is 5.67. The van der Waals surface area contributed by atoms with E-state index in [1.54, 1.807) is 6.20 Å². The third kappa shape index (κ3) is 1.11. The molecule has 0 saturated heterocycles. The number of nitrogen functional groups attached to an aromatic ring is 1. The Bertz CT molecular complexity index is 494. The zero-order valence-electron chi connectivity index (χ0n) is 7.75. The zero-order valence-corrected chi connectivity index (χ0v) is 7.75. The molecule has 0 aliphatic carbocycles. The predicted octanol–water partition coefficient (Wildman–Crippen LogP) is 0.578. The SMILES string of the molecule is Nc1nn(-c2ccccn2)c2c1OCO2. The zero-order chi connectivity index (χ0) is 10.3. The lowest BCUT2D eigenvalue weighted by molar-refractivity contribution is 0.166. The standard InChI is InChI=1S/C9H8N4O2/c10-8-7-9(15-5-14-7)13(12-8)6-3-1-2-4-11-6/h1-4H,5H2,(H2,10,12). The Balaban J connectivity index is 2.18. The van der Waals surface area contributed by atoms with Crippen LogP contribution in [0.15, 0.2) is 24.4 Å². The van der Waals surface area contributed by atoms with E-state index in [1.165, 1.54) is 4.68 Å². The number of anilines is 1. The summed E-state index contributed by atoms with van der Waals surface area (Å²) in [6.07, 6.45) is 1.68. The van der Waals surface area contributed by atoms with E-state index in [-0.39, 0.29) is 6.79 Å². The maximum atomic E-state index is 5.67. The maximum Gasteiger partial charge on any atom is 0.267 e. The van der Waals surface area contributed by atoms with Crippen molar-refractivity contribution in [2.45, 2.75) is 0 Å². The van der Waals surface area contributed by atoms with Crippen LogP contribution in [0, 0.1) is 0 Å². The lowest BCUT2D eigenvalue weighted by Crippen LogP contribution is -2.05. The fourth-order valence-electron chi connectivity index (χ4n) is 1.45. The summed E-state index contributed by atoms with van der Waals surface area (Å²) < 4.78 is 12.0. The van der Waals surface area contributed by atoms with Crippen LogP contribution in [0.3, 0.4) is 0 Å². The monoisotopic (exact) mass is 204 g/mol. The van der Waals surface area contributed by atoms with Crippen LogP contribution in [0.5, 0.6) is 11.6 Å². The molecule has 6 heteroatoms. The molecule has 0 radical (unpaired) electrons. The summed E-state index contributed by atoms with van der Waals surface area (Å²) in [6, 6.07) is 5.50. The largest absolute Gasteiger partial charge is 0.448 e. The summed E-state index contributed by atoms with van der Waals surface area (Å²) in [4.78, 5) is 4.15. The first kappa shape index (κ1) is 8.10. The summed E-state index contributed by atoms with van der Waals surface area (Å²) in [6.45, 7) is 0.171.